The minimum atomic E-state index is -0.947. The lowest BCUT2D eigenvalue weighted by Crippen LogP contribution is -2.52. The molecule has 3 N–H and O–H groups in total. The molecule has 0 radical (unpaired) electrons. The number of hydrogen-bond acceptors (Lipinski definition) is 4. The fourth-order valence-electron chi connectivity index (χ4n) is 2.70. The number of nitrogens with zero attached hydrogens (tertiary/aromatic N) is 1. The largest absolute Gasteiger partial charge is 0.480 e. The van der Waals surface area contributed by atoms with Crippen molar-refractivity contribution in [3.05, 3.63) is 29.3 Å². The molecule has 6 nitrogen and oxygen atoms in total. The molecule has 0 bridgehead atoms. The number of hydrogen-bond donors (Lipinski definition) is 3. The van der Waals surface area contributed by atoms with Gasteiger partial charge >= 0.3 is 5.97 Å². The van der Waals surface area contributed by atoms with E-state index >= 15 is 0 Å². The number of carboxylic acid groups (broad SMARTS) is 1. The fraction of sp³-hybridized carbons (Fsp3) is 0.500. The first-order chi connectivity index (χ1) is 10.5. The van der Waals surface area contributed by atoms with Crippen molar-refractivity contribution < 1.29 is 14.7 Å². The van der Waals surface area contributed by atoms with Crippen molar-refractivity contribution in [2.45, 2.75) is 26.3 Å². The maximum Gasteiger partial charge on any atom is 0.321 e. The average molecular weight is 305 g/mol. The molecule has 6 heteroatoms. The third-order valence-electron chi connectivity index (χ3n) is 3.91. The number of carboxylic acids is 1. The van der Waals surface area contributed by atoms with Gasteiger partial charge in [0.25, 0.3) is 0 Å². The summed E-state index contributed by atoms with van der Waals surface area (Å²) < 4.78 is 0. The molecule has 1 aromatic rings. The highest BCUT2D eigenvalue weighted by molar-refractivity contribution is 5.94. The van der Waals surface area contributed by atoms with Crippen LogP contribution in [0.1, 0.15) is 17.5 Å². The molecule has 0 aliphatic carbocycles. The van der Waals surface area contributed by atoms with Gasteiger partial charge in [-0.1, -0.05) is 17.7 Å². The van der Waals surface area contributed by atoms with E-state index in [0.29, 0.717) is 13.1 Å². The minimum Gasteiger partial charge on any atom is -0.480 e. The zero-order valence-electron chi connectivity index (χ0n) is 13.1. The molecule has 1 atom stereocenters. The molecule has 1 aromatic carbocycles. The van der Waals surface area contributed by atoms with Gasteiger partial charge < -0.3 is 15.7 Å². The van der Waals surface area contributed by atoms with Gasteiger partial charge in [-0.2, -0.15) is 0 Å². The summed E-state index contributed by atoms with van der Waals surface area (Å²) in [4.78, 5) is 25.5. The summed E-state index contributed by atoms with van der Waals surface area (Å²) >= 11 is 0. The molecule has 1 saturated heterocycles. The van der Waals surface area contributed by atoms with E-state index < -0.39 is 12.0 Å². The molecule has 0 aromatic heterocycles. The molecule has 0 saturated carbocycles. The van der Waals surface area contributed by atoms with Gasteiger partial charge in [0.1, 0.15) is 6.04 Å². The van der Waals surface area contributed by atoms with Gasteiger partial charge in [-0.25, -0.2) is 0 Å². The first-order valence-electron chi connectivity index (χ1n) is 7.52. The van der Waals surface area contributed by atoms with Crippen molar-refractivity contribution in [1.82, 2.24) is 10.2 Å². The highest BCUT2D eigenvalue weighted by Gasteiger charge is 2.29. The van der Waals surface area contributed by atoms with Crippen molar-refractivity contribution in [2.75, 3.05) is 31.5 Å². The Hall–Kier alpha value is -1.92. The number of carbonyl (C=O) groups is 2. The van der Waals surface area contributed by atoms with Gasteiger partial charge in [0.15, 0.2) is 0 Å². The van der Waals surface area contributed by atoms with E-state index in [0.717, 1.165) is 29.9 Å². The summed E-state index contributed by atoms with van der Waals surface area (Å²) in [6.45, 7) is 6.71. The molecular formula is C16H23N3O3. The number of aryl methyl sites for hydroxylation is 2. The molecule has 120 valence electrons. The van der Waals surface area contributed by atoms with Crippen LogP contribution in [0, 0.1) is 13.8 Å². The van der Waals surface area contributed by atoms with E-state index in [4.69, 9.17) is 0 Å². The second kappa shape index (κ2) is 7.38. The Kier molecular flexibility index (Phi) is 5.51. The van der Waals surface area contributed by atoms with Crippen molar-refractivity contribution in [3.63, 3.8) is 0 Å². The fourth-order valence-corrected chi connectivity index (χ4v) is 2.70. The van der Waals surface area contributed by atoms with E-state index in [1.165, 1.54) is 0 Å². The maximum absolute atomic E-state index is 12.2. The van der Waals surface area contributed by atoms with Crippen LogP contribution in [0.5, 0.6) is 0 Å². The normalized spacial score (nSPS) is 17.0. The smallest absolute Gasteiger partial charge is 0.321 e. The molecule has 0 unspecified atom stereocenters. The molecule has 1 aliphatic rings. The zero-order valence-corrected chi connectivity index (χ0v) is 13.1. The Morgan fingerprint density at radius 3 is 2.59 bits per heavy atom. The number of anilines is 1. The lowest BCUT2D eigenvalue weighted by atomic mass is 10.1. The third kappa shape index (κ3) is 4.29. The van der Waals surface area contributed by atoms with E-state index in [9.17, 15) is 14.7 Å². The molecule has 0 spiro atoms. The van der Waals surface area contributed by atoms with Gasteiger partial charge in [-0.15, -0.1) is 0 Å². The lowest BCUT2D eigenvalue weighted by molar-refractivity contribution is -0.145. The van der Waals surface area contributed by atoms with Crippen LogP contribution in [0.15, 0.2) is 18.2 Å². The van der Waals surface area contributed by atoms with Crippen LogP contribution < -0.4 is 10.6 Å². The van der Waals surface area contributed by atoms with Gasteiger partial charge in [0.2, 0.25) is 5.91 Å². The zero-order chi connectivity index (χ0) is 16.1. The van der Waals surface area contributed by atoms with Crippen molar-refractivity contribution in [1.29, 1.82) is 0 Å². The summed E-state index contributed by atoms with van der Waals surface area (Å²) in [5, 5.41) is 15.4. The Bertz CT molecular complexity index is 554. The number of amides is 1. The number of benzene rings is 1. The topological polar surface area (TPSA) is 81.7 Å². The molecule has 22 heavy (non-hydrogen) atoms. The summed E-state index contributed by atoms with van der Waals surface area (Å²) in [7, 11) is 0. The van der Waals surface area contributed by atoms with Gasteiger partial charge in [-0.05, 0) is 25.5 Å². The second-order valence-electron chi connectivity index (χ2n) is 5.71. The van der Waals surface area contributed by atoms with Crippen LogP contribution in [0.25, 0.3) is 0 Å². The van der Waals surface area contributed by atoms with Crippen molar-refractivity contribution >= 4 is 17.6 Å². The third-order valence-corrected chi connectivity index (χ3v) is 3.91. The molecule has 1 aliphatic heterocycles. The number of piperazine rings is 1. The summed E-state index contributed by atoms with van der Waals surface area (Å²) in [6, 6.07) is 4.99. The van der Waals surface area contributed by atoms with Crippen molar-refractivity contribution in [2.24, 2.45) is 0 Å². The van der Waals surface area contributed by atoms with Crippen LogP contribution in [0.2, 0.25) is 0 Å². The van der Waals surface area contributed by atoms with Crippen LogP contribution in [-0.4, -0.2) is 54.1 Å². The van der Waals surface area contributed by atoms with Gasteiger partial charge in [0, 0.05) is 31.9 Å². The quantitative estimate of drug-likeness (QED) is 0.756. The Balaban J connectivity index is 2.00. The van der Waals surface area contributed by atoms with Crippen LogP contribution in [0.3, 0.4) is 0 Å². The number of aliphatic carboxylic acids is 1. The average Bonchev–Trinajstić information content (AvgIpc) is 2.48. The minimum absolute atomic E-state index is 0.0390. The second-order valence-corrected chi connectivity index (χ2v) is 5.71. The van der Waals surface area contributed by atoms with Crippen LogP contribution in [0.4, 0.5) is 5.69 Å². The predicted molar refractivity (Wildman–Crippen MR) is 85.0 cm³/mol. The van der Waals surface area contributed by atoms with Crippen LogP contribution >= 0.6 is 0 Å². The van der Waals surface area contributed by atoms with E-state index in [1.807, 2.05) is 36.9 Å². The highest BCUT2D eigenvalue weighted by atomic mass is 16.4. The maximum atomic E-state index is 12.2. The summed E-state index contributed by atoms with van der Waals surface area (Å²) in [5.74, 6) is -1.21. The Labute approximate surface area is 130 Å². The number of rotatable bonds is 5. The molecule has 1 fully saturated rings. The van der Waals surface area contributed by atoms with Crippen LogP contribution in [-0.2, 0) is 9.59 Å². The molecule has 1 heterocycles. The first-order valence-corrected chi connectivity index (χ1v) is 7.52. The highest BCUT2D eigenvalue weighted by Crippen LogP contribution is 2.17. The Morgan fingerprint density at radius 2 is 2.00 bits per heavy atom. The lowest BCUT2D eigenvalue weighted by Gasteiger charge is -2.32. The van der Waals surface area contributed by atoms with E-state index in [1.54, 1.807) is 0 Å². The van der Waals surface area contributed by atoms with E-state index in [2.05, 4.69) is 10.6 Å². The SMILES string of the molecule is Cc1ccc(NC(=O)C[C@@H](C(=O)O)N2CCNCC2)c(C)c1. The monoisotopic (exact) mass is 305 g/mol. The van der Waals surface area contributed by atoms with Gasteiger partial charge in [-0.3, -0.25) is 14.5 Å². The van der Waals surface area contributed by atoms with E-state index in [-0.39, 0.29) is 12.3 Å². The summed E-state index contributed by atoms with van der Waals surface area (Å²) in [5.41, 5.74) is 2.84. The number of nitrogens with one attached hydrogen (secondary N) is 2. The summed E-state index contributed by atoms with van der Waals surface area (Å²) in [6.07, 6.45) is -0.0390. The van der Waals surface area contributed by atoms with Crippen molar-refractivity contribution in [3.8, 4) is 0 Å². The standard InChI is InChI=1S/C16H23N3O3/c1-11-3-4-13(12(2)9-11)18-15(20)10-14(16(21)22)19-7-5-17-6-8-19/h3-4,9,14,17H,5-8,10H2,1-2H3,(H,18,20)(H,21,22)/t14-/m0/s1. The first kappa shape index (κ1) is 16.5. The molecule has 1 amide bonds. The Morgan fingerprint density at radius 1 is 1.32 bits per heavy atom. The number of carbonyl (C=O) groups excluding carboxylic acids is 1. The molecular weight excluding hydrogens is 282 g/mol. The molecule has 2 rings (SSSR count). The van der Waals surface area contributed by atoms with Gasteiger partial charge in [0.05, 0.1) is 6.42 Å². The predicted octanol–water partition coefficient (Wildman–Crippen LogP) is 0.990.